The van der Waals surface area contributed by atoms with E-state index in [1.165, 1.54) is 89.9 Å². The van der Waals surface area contributed by atoms with E-state index in [1.54, 1.807) is 0 Å². The number of hydrogen-bond donors (Lipinski definition) is 1. The molecular formula is C20H42O3P+. The summed E-state index contributed by atoms with van der Waals surface area (Å²) in [4.78, 5) is 8.87. The predicted molar refractivity (Wildman–Crippen MR) is 104 cm³/mol. The van der Waals surface area contributed by atoms with Crippen LogP contribution in [0.2, 0.25) is 0 Å². The quantitative estimate of drug-likeness (QED) is 0.191. The van der Waals surface area contributed by atoms with Gasteiger partial charge in [0.2, 0.25) is 0 Å². The molecule has 0 saturated carbocycles. The molecule has 3 nitrogen and oxygen atoms in total. The van der Waals surface area contributed by atoms with Gasteiger partial charge in [-0.2, -0.15) is 0 Å². The maximum atomic E-state index is 10.8. The Morgan fingerprint density at radius 2 is 1.08 bits per heavy atom. The van der Waals surface area contributed by atoms with Gasteiger partial charge in [0.15, 0.2) is 0 Å². The van der Waals surface area contributed by atoms with Crippen LogP contribution in [0.5, 0.6) is 0 Å². The van der Waals surface area contributed by atoms with Crippen molar-refractivity contribution in [2.75, 3.05) is 6.61 Å². The molecule has 0 amide bonds. The Morgan fingerprint density at radius 1 is 0.708 bits per heavy atom. The van der Waals surface area contributed by atoms with Crippen LogP contribution < -0.4 is 0 Å². The zero-order valence-corrected chi connectivity index (χ0v) is 17.2. The minimum Gasteiger partial charge on any atom is -0.133 e. The smallest absolute Gasteiger partial charge is 0.133 e. The minimum atomic E-state index is -2.44. The van der Waals surface area contributed by atoms with E-state index in [1.807, 2.05) is 0 Å². The highest BCUT2D eigenvalue weighted by atomic mass is 31.1. The van der Waals surface area contributed by atoms with E-state index in [4.69, 9.17) is 9.42 Å². The summed E-state index contributed by atoms with van der Waals surface area (Å²) in [6, 6.07) is 0. The first kappa shape index (κ1) is 24.0. The lowest BCUT2D eigenvalue weighted by Crippen LogP contribution is -2.07. The molecule has 0 aliphatic carbocycles. The maximum Gasteiger partial charge on any atom is 0.694 e. The van der Waals surface area contributed by atoms with E-state index in [0.717, 1.165) is 12.8 Å². The Kier molecular flexibility index (Phi) is 19.4. The van der Waals surface area contributed by atoms with Crippen molar-refractivity contribution in [3.63, 3.8) is 0 Å². The fourth-order valence-electron chi connectivity index (χ4n) is 3.26. The first-order valence-corrected chi connectivity index (χ1v) is 11.6. The van der Waals surface area contributed by atoms with Gasteiger partial charge in [0, 0.05) is 4.57 Å². The molecule has 144 valence electrons. The van der Waals surface area contributed by atoms with E-state index in [9.17, 15) is 4.57 Å². The molecule has 0 radical (unpaired) electrons. The molecule has 0 aromatic rings. The molecule has 0 aliphatic rings. The first-order chi connectivity index (χ1) is 11.7. The SMILES string of the molecule is CCCCCCCCCCC(CCCCCCCC)CO[P+](=O)O. The molecule has 2 unspecified atom stereocenters. The van der Waals surface area contributed by atoms with Crippen LogP contribution in [0.3, 0.4) is 0 Å². The topological polar surface area (TPSA) is 46.5 Å². The van der Waals surface area contributed by atoms with Crippen molar-refractivity contribution in [1.29, 1.82) is 0 Å². The summed E-state index contributed by atoms with van der Waals surface area (Å²) >= 11 is 0. The van der Waals surface area contributed by atoms with Crippen molar-refractivity contribution in [2.45, 2.75) is 117 Å². The van der Waals surface area contributed by atoms with Gasteiger partial charge < -0.3 is 0 Å². The molecule has 4 heteroatoms. The lowest BCUT2D eigenvalue weighted by atomic mass is 9.95. The second-order valence-corrected chi connectivity index (χ2v) is 7.95. The average molecular weight is 362 g/mol. The van der Waals surface area contributed by atoms with E-state index in [-0.39, 0.29) is 0 Å². The van der Waals surface area contributed by atoms with Crippen LogP contribution in [0.25, 0.3) is 0 Å². The zero-order valence-electron chi connectivity index (χ0n) is 16.3. The summed E-state index contributed by atoms with van der Waals surface area (Å²) in [5.41, 5.74) is 0. The van der Waals surface area contributed by atoms with Crippen LogP contribution in [0.15, 0.2) is 0 Å². The Bertz CT molecular complexity index is 272. The van der Waals surface area contributed by atoms with Crippen molar-refractivity contribution < 1.29 is 14.0 Å². The molecular weight excluding hydrogens is 319 g/mol. The van der Waals surface area contributed by atoms with Crippen LogP contribution in [0, 0.1) is 5.92 Å². The van der Waals surface area contributed by atoms with Crippen molar-refractivity contribution in [3.8, 4) is 0 Å². The van der Waals surface area contributed by atoms with E-state index in [0.29, 0.717) is 12.5 Å². The zero-order chi connectivity index (χ0) is 17.9. The summed E-state index contributed by atoms with van der Waals surface area (Å²) in [6.45, 7) is 4.95. The van der Waals surface area contributed by atoms with Crippen LogP contribution in [-0.4, -0.2) is 11.5 Å². The maximum absolute atomic E-state index is 10.8. The fourth-order valence-corrected chi connectivity index (χ4v) is 3.60. The molecule has 24 heavy (non-hydrogen) atoms. The summed E-state index contributed by atoms with van der Waals surface area (Å²) in [5, 5.41) is 0. The van der Waals surface area contributed by atoms with Gasteiger partial charge in [0.25, 0.3) is 0 Å². The molecule has 0 aromatic carbocycles. The summed E-state index contributed by atoms with van der Waals surface area (Å²) in [6.07, 6.45) is 20.8. The molecule has 0 spiro atoms. The van der Waals surface area contributed by atoms with E-state index < -0.39 is 8.25 Å². The third-order valence-electron chi connectivity index (χ3n) is 4.85. The second-order valence-electron chi connectivity index (χ2n) is 7.22. The number of rotatable bonds is 19. The van der Waals surface area contributed by atoms with Gasteiger partial charge >= 0.3 is 8.25 Å². The van der Waals surface area contributed by atoms with Gasteiger partial charge in [-0.3, -0.25) is 0 Å². The third kappa shape index (κ3) is 18.4. The number of hydrogen-bond acceptors (Lipinski definition) is 2. The van der Waals surface area contributed by atoms with Crippen LogP contribution in [0.4, 0.5) is 0 Å². The molecule has 0 fully saturated rings. The standard InChI is InChI=1S/C20H41O3P/c1-3-5-7-9-11-12-14-16-18-20(19-23-24(21)22)17-15-13-10-8-6-4-2/h20H,3-19H2,1-2H3/p+1. The summed E-state index contributed by atoms with van der Waals surface area (Å²) in [7, 11) is -2.44. The van der Waals surface area contributed by atoms with Gasteiger partial charge in [-0.05, 0) is 18.8 Å². The van der Waals surface area contributed by atoms with Crippen molar-refractivity contribution >= 4 is 8.25 Å². The fraction of sp³-hybridized carbons (Fsp3) is 1.00. The minimum absolute atomic E-state index is 0.456. The predicted octanol–water partition coefficient (Wildman–Crippen LogP) is 7.55. The lowest BCUT2D eigenvalue weighted by molar-refractivity contribution is 0.211. The summed E-state index contributed by atoms with van der Waals surface area (Å²) in [5.74, 6) is 0.461. The Labute approximate surface area is 151 Å². The van der Waals surface area contributed by atoms with Gasteiger partial charge in [-0.15, -0.1) is 9.42 Å². The van der Waals surface area contributed by atoms with Gasteiger partial charge in [-0.1, -0.05) is 104 Å². The second kappa shape index (κ2) is 19.3. The Balaban J connectivity index is 3.69. The average Bonchev–Trinajstić information content (AvgIpc) is 2.57. The third-order valence-corrected chi connectivity index (χ3v) is 5.22. The lowest BCUT2D eigenvalue weighted by Gasteiger charge is -2.13. The molecule has 0 aromatic heterocycles. The van der Waals surface area contributed by atoms with Crippen LogP contribution in [0.1, 0.15) is 117 Å². The van der Waals surface area contributed by atoms with Crippen molar-refractivity contribution in [3.05, 3.63) is 0 Å². The highest BCUT2D eigenvalue weighted by Gasteiger charge is 2.17. The molecule has 0 saturated heterocycles. The van der Waals surface area contributed by atoms with E-state index in [2.05, 4.69) is 13.8 Å². The van der Waals surface area contributed by atoms with Gasteiger partial charge in [-0.25, -0.2) is 0 Å². The number of unbranched alkanes of at least 4 members (excludes halogenated alkanes) is 12. The first-order valence-electron chi connectivity index (χ1n) is 10.5. The van der Waals surface area contributed by atoms with E-state index >= 15 is 0 Å². The summed E-state index contributed by atoms with van der Waals surface area (Å²) < 4.78 is 15.8. The highest BCUT2D eigenvalue weighted by molar-refractivity contribution is 7.32. The Hall–Kier alpha value is 0.0200. The molecule has 2 atom stereocenters. The normalized spacial score (nSPS) is 13.2. The molecule has 0 rings (SSSR count). The van der Waals surface area contributed by atoms with Crippen LogP contribution in [-0.2, 0) is 9.09 Å². The molecule has 0 aliphatic heterocycles. The molecule has 1 N–H and O–H groups in total. The van der Waals surface area contributed by atoms with Gasteiger partial charge in [0.05, 0.1) is 0 Å². The molecule has 0 heterocycles. The monoisotopic (exact) mass is 361 g/mol. The van der Waals surface area contributed by atoms with Crippen molar-refractivity contribution in [2.24, 2.45) is 5.92 Å². The van der Waals surface area contributed by atoms with Crippen molar-refractivity contribution in [1.82, 2.24) is 0 Å². The van der Waals surface area contributed by atoms with Gasteiger partial charge in [0.1, 0.15) is 6.61 Å². The highest BCUT2D eigenvalue weighted by Crippen LogP contribution is 2.24. The van der Waals surface area contributed by atoms with Crippen LogP contribution >= 0.6 is 8.25 Å². The largest absolute Gasteiger partial charge is 0.694 e. The Morgan fingerprint density at radius 3 is 1.46 bits per heavy atom. The molecule has 0 bridgehead atoms.